The van der Waals surface area contributed by atoms with E-state index in [0.29, 0.717) is 17.9 Å². The third kappa shape index (κ3) is 2.74. The molecule has 0 radical (unpaired) electrons. The highest BCUT2D eigenvalue weighted by Crippen LogP contribution is 2.26. The van der Waals surface area contributed by atoms with Crippen molar-refractivity contribution in [2.24, 2.45) is 0 Å². The Morgan fingerprint density at radius 3 is 2.88 bits per heavy atom. The number of nitrogens with zero attached hydrogens (tertiary/aromatic N) is 2. The van der Waals surface area contributed by atoms with E-state index in [9.17, 15) is 8.42 Å². The molecule has 1 aliphatic heterocycles. The fourth-order valence-corrected chi connectivity index (χ4v) is 4.08. The molecule has 1 aromatic heterocycles. The molecule has 1 atom stereocenters. The number of pyridine rings is 1. The van der Waals surface area contributed by atoms with Crippen molar-refractivity contribution in [1.82, 2.24) is 4.98 Å². The zero-order chi connectivity index (χ0) is 12.5. The van der Waals surface area contributed by atoms with Crippen LogP contribution in [0, 0.1) is 11.3 Å². The smallest absolute Gasteiger partial charge is 0.152 e. The van der Waals surface area contributed by atoms with Crippen molar-refractivity contribution >= 4 is 15.7 Å². The Hall–Kier alpha value is -1.61. The lowest BCUT2D eigenvalue weighted by Crippen LogP contribution is -2.36. The molecule has 1 N–H and O–H groups in total. The fraction of sp³-hybridized carbons (Fsp3) is 0.455. The summed E-state index contributed by atoms with van der Waals surface area (Å²) in [6.45, 7) is 1.86. The van der Waals surface area contributed by atoms with Crippen molar-refractivity contribution in [1.29, 1.82) is 5.26 Å². The van der Waals surface area contributed by atoms with Gasteiger partial charge in [-0.1, -0.05) is 6.07 Å². The molecule has 0 spiro atoms. The van der Waals surface area contributed by atoms with E-state index in [1.54, 1.807) is 18.2 Å². The van der Waals surface area contributed by atoms with E-state index in [4.69, 9.17) is 5.26 Å². The maximum atomic E-state index is 11.4. The van der Waals surface area contributed by atoms with Crippen LogP contribution in [0.4, 0.5) is 5.82 Å². The van der Waals surface area contributed by atoms with E-state index in [1.807, 2.05) is 13.0 Å². The van der Waals surface area contributed by atoms with Gasteiger partial charge in [-0.2, -0.15) is 5.26 Å². The Morgan fingerprint density at radius 1 is 1.53 bits per heavy atom. The molecule has 0 aromatic carbocycles. The van der Waals surface area contributed by atoms with Gasteiger partial charge in [0, 0.05) is 0 Å². The van der Waals surface area contributed by atoms with Crippen LogP contribution in [0.25, 0.3) is 0 Å². The highest BCUT2D eigenvalue weighted by atomic mass is 32.2. The van der Waals surface area contributed by atoms with Gasteiger partial charge in [-0.15, -0.1) is 0 Å². The molecule has 1 unspecified atom stereocenters. The van der Waals surface area contributed by atoms with Gasteiger partial charge in [0.15, 0.2) is 9.84 Å². The quantitative estimate of drug-likeness (QED) is 0.845. The standard InChI is InChI=1S/C11H13N3O2S/c1-11(5-6-17(15,16)8-11)14-10-4-2-3-9(7-12)13-10/h2-4H,5-6,8H2,1H3,(H,13,14). The van der Waals surface area contributed by atoms with Gasteiger partial charge >= 0.3 is 0 Å². The van der Waals surface area contributed by atoms with Crippen LogP contribution in [0.15, 0.2) is 18.2 Å². The Balaban J connectivity index is 2.19. The summed E-state index contributed by atoms with van der Waals surface area (Å²) >= 11 is 0. The van der Waals surface area contributed by atoms with Gasteiger partial charge in [-0.05, 0) is 25.5 Å². The predicted octanol–water partition coefficient (Wildman–Crippen LogP) is 0.942. The lowest BCUT2D eigenvalue weighted by atomic mass is 10.0. The van der Waals surface area contributed by atoms with Gasteiger partial charge in [-0.3, -0.25) is 0 Å². The summed E-state index contributed by atoms with van der Waals surface area (Å²) in [7, 11) is -2.94. The van der Waals surface area contributed by atoms with Gasteiger partial charge in [0.2, 0.25) is 0 Å². The Labute approximate surface area is 100 Å². The lowest BCUT2D eigenvalue weighted by molar-refractivity contribution is 0.572. The topological polar surface area (TPSA) is 82.8 Å². The Kier molecular flexibility index (Phi) is 2.79. The van der Waals surface area contributed by atoms with Gasteiger partial charge in [0.25, 0.3) is 0 Å². The fourth-order valence-electron chi connectivity index (χ4n) is 1.98. The third-order valence-electron chi connectivity index (χ3n) is 2.80. The Bertz CT molecular complexity index is 577. The number of sulfone groups is 1. The highest BCUT2D eigenvalue weighted by Gasteiger charge is 2.38. The number of nitriles is 1. The second-order valence-corrected chi connectivity index (χ2v) is 6.73. The zero-order valence-electron chi connectivity index (χ0n) is 9.47. The second kappa shape index (κ2) is 4.00. The molecule has 1 aromatic rings. The first kappa shape index (κ1) is 11.9. The van der Waals surface area contributed by atoms with Crippen LogP contribution in [0.5, 0.6) is 0 Å². The SMILES string of the molecule is CC1(Nc2cccc(C#N)n2)CCS(=O)(=O)C1. The first-order chi connectivity index (χ1) is 7.92. The van der Waals surface area contributed by atoms with Gasteiger partial charge in [0.1, 0.15) is 17.6 Å². The van der Waals surface area contributed by atoms with Crippen molar-refractivity contribution in [3.63, 3.8) is 0 Å². The molecule has 0 aliphatic carbocycles. The van der Waals surface area contributed by atoms with Crippen LogP contribution in [0.1, 0.15) is 19.0 Å². The molecule has 2 rings (SSSR count). The van der Waals surface area contributed by atoms with Gasteiger partial charge in [0.05, 0.1) is 17.0 Å². The maximum absolute atomic E-state index is 11.4. The molecule has 1 saturated heterocycles. The lowest BCUT2D eigenvalue weighted by Gasteiger charge is -2.24. The van der Waals surface area contributed by atoms with E-state index in [-0.39, 0.29) is 11.5 Å². The molecular weight excluding hydrogens is 238 g/mol. The van der Waals surface area contributed by atoms with Crippen LogP contribution in [0.2, 0.25) is 0 Å². The first-order valence-electron chi connectivity index (χ1n) is 5.28. The van der Waals surface area contributed by atoms with Crippen LogP contribution in [-0.4, -0.2) is 30.4 Å². The molecule has 0 bridgehead atoms. The Morgan fingerprint density at radius 2 is 2.29 bits per heavy atom. The van der Waals surface area contributed by atoms with Gasteiger partial charge < -0.3 is 5.32 Å². The minimum Gasteiger partial charge on any atom is -0.364 e. The minimum absolute atomic E-state index is 0.110. The van der Waals surface area contributed by atoms with Crippen molar-refractivity contribution in [3.8, 4) is 6.07 Å². The summed E-state index contributed by atoms with van der Waals surface area (Å²) in [5.41, 5.74) is -0.167. The molecule has 5 nitrogen and oxygen atoms in total. The normalized spacial score (nSPS) is 26.4. The second-order valence-electron chi connectivity index (χ2n) is 4.55. The van der Waals surface area contributed by atoms with Crippen molar-refractivity contribution in [2.75, 3.05) is 16.8 Å². The van der Waals surface area contributed by atoms with Crippen molar-refractivity contribution < 1.29 is 8.42 Å². The minimum atomic E-state index is -2.94. The van der Waals surface area contributed by atoms with E-state index >= 15 is 0 Å². The summed E-state index contributed by atoms with van der Waals surface area (Å²) in [6, 6.07) is 7.02. The van der Waals surface area contributed by atoms with Gasteiger partial charge in [-0.25, -0.2) is 13.4 Å². The number of anilines is 1. The van der Waals surface area contributed by atoms with E-state index in [1.165, 1.54) is 0 Å². The molecule has 17 heavy (non-hydrogen) atoms. The molecule has 2 heterocycles. The summed E-state index contributed by atoms with van der Waals surface area (Å²) in [4.78, 5) is 4.08. The molecule has 1 fully saturated rings. The van der Waals surface area contributed by atoms with Crippen LogP contribution in [0.3, 0.4) is 0 Å². The largest absolute Gasteiger partial charge is 0.364 e. The highest BCUT2D eigenvalue weighted by molar-refractivity contribution is 7.91. The first-order valence-corrected chi connectivity index (χ1v) is 7.10. The zero-order valence-corrected chi connectivity index (χ0v) is 10.3. The van der Waals surface area contributed by atoms with Crippen molar-refractivity contribution in [2.45, 2.75) is 18.9 Å². The average Bonchev–Trinajstić information content (AvgIpc) is 2.53. The number of rotatable bonds is 2. The molecule has 0 saturated carbocycles. The molecule has 0 amide bonds. The summed E-state index contributed by atoms with van der Waals surface area (Å²) in [5, 5.41) is 11.8. The maximum Gasteiger partial charge on any atom is 0.152 e. The number of hydrogen-bond acceptors (Lipinski definition) is 5. The summed E-state index contributed by atoms with van der Waals surface area (Å²) in [6.07, 6.45) is 0.563. The van der Waals surface area contributed by atoms with Crippen LogP contribution in [-0.2, 0) is 9.84 Å². The average molecular weight is 251 g/mol. The molecule has 6 heteroatoms. The molecule has 90 valence electrons. The van der Waals surface area contributed by atoms with E-state index in [2.05, 4.69) is 10.3 Å². The molecular formula is C11H13N3O2S. The number of aromatic nitrogens is 1. The van der Waals surface area contributed by atoms with Crippen LogP contribution >= 0.6 is 0 Å². The number of hydrogen-bond donors (Lipinski definition) is 1. The van der Waals surface area contributed by atoms with E-state index < -0.39 is 15.4 Å². The monoisotopic (exact) mass is 251 g/mol. The third-order valence-corrected chi connectivity index (χ3v) is 4.70. The van der Waals surface area contributed by atoms with Crippen LogP contribution < -0.4 is 5.32 Å². The van der Waals surface area contributed by atoms with E-state index in [0.717, 1.165) is 0 Å². The summed E-state index contributed by atoms with van der Waals surface area (Å²) < 4.78 is 22.9. The predicted molar refractivity (Wildman–Crippen MR) is 64.3 cm³/mol. The van der Waals surface area contributed by atoms with Crippen molar-refractivity contribution in [3.05, 3.63) is 23.9 Å². The molecule has 1 aliphatic rings. The number of nitrogens with one attached hydrogen (secondary N) is 1. The summed E-state index contributed by atoms with van der Waals surface area (Å²) in [5.74, 6) is 0.857.